The number of rotatable bonds is 6. The van der Waals surface area contributed by atoms with Gasteiger partial charge in [-0.2, -0.15) is 0 Å². The lowest BCUT2D eigenvalue weighted by Crippen LogP contribution is -2.68. The maximum absolute atomic E-state index is 14.1. The number of anilines is 2. The summed E-state index contributed by atoms with van der Waals surface area (Å²) >= 11 is 0. The summed E-state index contributed by atoms with van der Waals surface area (Å²) in [6.07, 6.45) is -2.00. The number of halogens is 2. The van der Waals surface area contributed by atoms with E-state index in [4.69, 9.17) is 23.6 Å². The number of furan rings is 1. The Morgan fingerprint density at radius 2 is 1.90 bits per heavy atom. The normalized spacial score (nSPS) is 21.4. The topological polar surface area (TPSA) is 123 Å². The molecule has 0 aliphatic carbocycles. The number of morpholine rings is 1. The van der Waals surface area contributed by atoms with Gasteiger partial charge in [0.1, 0.15) is 34.5 Å². The van der Waals surface area contributed by atoms with Crippen molar-refractivity contribution in [1.29, 1.82) is 0 Å². The summed E-state index contributed by atoms with van der Waals surface area (Å²) in [5, 5.41) is 10.9. The summed E-state index contributed by atoms with van der Waals surface area (Å²) in [4.78, 5) is 29.2. The third-order valence-corrected chi connectivity index (χ3v) is 9.67. The number of pyridine rings is 1. The van der Waals surface area contributed by atoms with E-state index < -0.39 is 36.0 Å². The van der Waals surface area contributed by atoms with Gasteiger partial charge in [0.15, 0.2) is 17.2 Å². The largest absolute Gasteiger partial charge is 0.480 e. The molecule has 0 bridgehead atoms. The number of hydrogen-bond donors (Lipinski definition) is 1. The van der Waals surface area contributed by atoms with E-state index in [1.807, 2.05) is 37.3 Å². The summed E-state index contributed by atoms with van der Waals surface area (Å²) in [6.45, 7) is 6.07. The van der Waals surface area contributed by atoms with Gasteiger partial charge in [0.25, 0.3) is 6.43 Å². The average Bonchev–Trinajstić information content (AvgIpc) is 3.69. The molecule has 3 fully saturated rings. The van der Waals surface area contributed by atoms with Crippen LogP contribution in [-0.2, 0) is 14.3 Å². The number of para-hydroxylation sites is 1. The fourth-order valence-corrected chi connectivity index (χ4v) is 6.97. The smallest absolute Gasteiger partial charge is 0.326 e. The molecule has 0 radical (unpaired) electrons. The number of aromatic nitrogens is 3. The van der Waals surface area contributed by atoms with E-state index in [0.29, 0.717) is 54.5 Å². The maximum Gasteiger partial charge on any atom is 0.326 e. The Hall–Kier alpha value is -5.32. The molecule has 2 aromatic carbocycles. The molecule has 8 rings (SSSR count). The summed E-state index contributed by atoms with van der Waals surface area (Å²) in [6, 6.07) is 15.5. The van der Waals surface area contributed by atoms with E-state index in [0.717, 1.165) is 11.1 Å². The highest BCUT2D eigenvalue weighted by Crippen LogP contribution is 2.41. The van der Waals surface area contributed by atoms with Gasteiger partial charge >= 0.3 is 5.97 Å². The number of alkyl halides is 2. The average molecular weight is 682 g/mol. The first-order chi connectivity index (χ1) is 24.2. The molecule has 3 aliphatic rings. The highest BCUT2D eigenvalue weighted by atomic mass is 19.3. The highest BCUT2D eigenvalue weighted by molar-refractivity contribution is 6.06. The molecule has 3 saturated heterocycles. The van der Waals surface area contributed by atoms with Gasteiger partial charge in [-0.3, -0.25) is 0 Å². The van der Waals surface area contributed by atoms with Gasteiger partial charge in [0.05, 0.1) is 32.4 Å². The number of ether oxygens (including phenoxy) is 3. The van der Waals surface area contributed by atoms with Crippen molar-refractivity contribution in [2.24, 2.45) is 0 Å². The van der Waals surface area contributed by atoms with Crippen LogP contribution in [0.3, 0.4) is 0 Å². The molecule has 13 heteroatoms. The third kappa shape index (κ3) is 5.64. The molecule has 11 nitrogen and oxygen atoms in total. The van der Waals surface area contributed by atoms with Crippen LogP contribution in [0.15, 0.2) is 65.2 Å². The molecule has 3 atom stereocenters. The fraction of sp³-hybridized carbons (Fsp3) is 0.351. The minimum absolute atomic E-state index is 0.0231. The molecule has 1 N–H and O–H groups in total. The Morgan fingerprint density at radius 1 is 1.08 bits per heavy atom. The van der Waals surface area contributed by atoms with E-state index in [2.05, 4.69) is 33.6 Å². The zero-order chi connectivity index (χ0) is 34.6. The van der Waals surface area contributed by atoms with Crippen molar-refractivity contribution in [3.05, 3.63) is 83.3 Å². The standard InChI is InChI=1S/C37H33F2N5O6/c1-21-6-5-7-23(14-21)10-11-24-15-27(43-12-13-48-37(22(43)2)19-47-20-37)35(40-17-24)49-25-16-28(36(45)46)44(18-25)34-31-30(41-33(42-34)32(38)39)26-8-3-4-9-29(26)50-31/h3-9,14-15,17,22,25,28,32H,12-13,16,18-20H2,1-2H3,(H,45,46)/t22-,25-,28-/m0/s1. The van der Waals surface area contributed by atoms with Gasteiger partial charge < -0.3 is 33.5 Å². The Morgan fingerprint density at radius 3 is 2.66 bits per heavy atom. The van der Waals surface area contributed by atoms with E-state index >= 15 is 0 Å². The fourth-order valence-electron chi connectivity index (χ4n) is 6.97. The minimum atomic E-state index is -2.98. The van der Waals surface area contributed by atoms with Crippen LogP contribution in [0.25, 0.3) is 22.1 Å². The predicted molar refractivity (Wildman–Crippen MR) is 180 cm³/mol. The second kappa shape index (κ2) is 12.5. The van der Waals surface area contributed by atoms with E-state index in [1.165, 1.54) is 4.90 Å². The van der Waals surface area contributed by atoms with Gasteiger partial charge in [0.2, 0.25) is 5.88 Å². The molecular formula is C37H33F2N5O6. The van der Waals surface area contributed by atoms with Gasteiger partial charge in [-0.1, -0.05) is 36.1 Å². The quantitative estimate of drug-likeness (QED) is 0.228. The molecule has 6 heterocycles. The minimum Gasteiger partial charge on any atom is -0.480 e. The summed E-state index contributed by atoms with van der Waals surface area (Å²) in [7, 11) is 0. The maximum atomic E-state index is 14.1. The number of benzene rings is 2. The first kappa shape index (κ1) is 31.9. The Labute approximate surface area is 285 Å². The van der Waals surface area contributed by atoms with Crippen LogP contribution in [0.4, 0.5) is 20.3 Å². The zero-order valence-electron chi connectivity index (χ0n) is 27.3. The summed E-state index contributed by atoms with van der Waals surface area (Å²) in [5.74, 6) is 4.85. The van der Waals surface area contributed by atoms with Crippen molar-refractivity contribution >= 4 is 39.5 Å². The number of carboxylic acid groups (broad SMARTS) is 1. The molecule has 0 unspecified atom stereocenters. The van der Waals surface area contributed by atoms with E-state index in [-0.39, 0.29) is 35.9 Å². The zero-order valence-corrected chi connectivity index (χ0v) is 27.3. The number of aryl methyl sites for hydroxylation is 1. The Bertz CT molecular complexity index is 2180. The Kier molecular flexibility index (Phi) is 8.00. The number of nitrogens with zero attached hydrogens (tertiary/aromatic N) is 5. The third-order valence-electron chi connectivity index (χ3n) is 9.67. The number of fused-ring (bicyclic) bond motifs is 3. The molecule has 3 aliphatic heterocycles. The van der Waals surface area contributed by atoms with Crippen LogP contribution in [-0.4, -0.2) is 82.7 Å². The predicted octanol–water partition coefficient (Wildman–Crippen LogP) is 5.52. The summed E-state index contributed by atoms with van der Waals surface area (Å²) < 4.78 is 52.4. The van der Waals surface area contributed by atoms with E-state index in [9.17, 15) is 18.7 Å². The SMILES string of the molecule is Cc1cccc(C#Cc2cnc(O[C@H]3C[C@@H](C(=O)O)N(c4nc(C(F)F)nc5c4oc4ccccc45)C3)c(N3CCOC4(COC4)[C@@H]3C)c2)c1. The number of hydrogen-bond acceptors (Lipinski definition) is 10. The molecule has 5 aromatic rings. The second-order valence-electron chi connectivity index (χ2n) is 12.9. The van der Waals surface area contributed by atoms with Gasteiger partial charge in [0, 0.05) is 35.7 Å². The van der Waals surface area contributed by atoms with Crippen LogP contribution in [0.2, 0.25) is 0 Å². The summed E-state index contributed by atoms with van der Waals surface area (Å²) in [5.41, 5.74) is 3.63. The van der Waals surface area contributed by atoms with Gasteiger partial charge in [-0.15, -0.1) is 0 Å². The van der Waals surface area contributed by atoms with Crippen molar-refractivity contribution in [2.45, 2.75) is 50.5 Å². The molecule has 3 aromatic heterocycles. The van der Waals surface area contributed by atoms with Crippen LogP contribution in [0.5, 0.6) is 5.88 Å². The molecular weight excluding hydrogens is 648 g/mol. The number of carboxylic acids is 1. The first-order valence-electron chi connectivity index (χ1n) is 16.4. The van der Waals surface area contributed by atoms with Crippen molar-refractivity contribution < 1.29 is 37.3 Å². The van der Waals surface area contributed by atoms with Crippen molar-refractivity contribution in [3.8, 4) is 17.7 Å². The monoisotopic (exact) mass is 681 g/mol. The molecule has 1 spiro atoms. The lowest BCUT2D eigenvalue weighted by molar-refractivity contribution is -0.228. The van der Waals surface area contributed by atoms with Crippen LogP contribution >= 0.6 is 0 Å². The van der Waals surface area contributed by atoms with Crippen molar-refractivity contribution in [3.63, 3.8) is 0 Å². The molecule has 50 heavy (non-hydrogen) atoms. The van der Waals surface area contributed by atoms with Crippen LogP contribution < -0.4 is 14.5 Å². The lowest BCUT2D eigenvalue weighted by atomic mass is 9.90. The molecule has 0 amide bonds. The van der Waals surface area contributed by atoms with Crippen LogP contribution in [0, 0.1) is 18.8 Å². The molecule has 256 valence electrons. The van der Waals surface area contributed by atoms with Gasteiger partial charge in [-0.05, 0) is 49.7 Å². The van der Waals surface area contributed by atoms with Crippen molar-refractivity contribution in [2.75, 3.05) is 42.7 Å². The Balaban J connectivity index is 1.16. The highest BCUT2D eigenvalue weighted by Gasteiger charge is 2.50. The number of aliphatic carboxylic acids is 1. The number of carbonyl (C=O) groups is 1. The van der Waals surface area contributed by atoms with E-state index in [1.54, 1.807) is 30.5 Å². The van der Waals surface area contributed by atoms with Crippen molar-refractivity contribution in [1.82, 2.24) is 15.0 Å². The second-order valence-corrected chi connectivity index (χ2v) is 12.9. The van der Waals surface area contributed by atoms with Gasteiger partial charge in [-0.25, -0.2) is 28.5 Å². The first-order valence-corrected chi connectivity index (χ1v) is 16.4. The van der Waals surface area contributed by atoms with Crippen LogP contribution in [0.1, 0.15) is 42.3 Å². The lowest BCUT2D eigenvalue weighted by Gasteiger charge is -2.53. The molecule has 0 saturated carbocycles.